The van der Waals surface area contributed by atoms with Crippen LogP contribution >= 0.6 is 0 Å². The molecule has 2 fully saturated rings. The zero-order chi connectivity index (χ0) is 20.0. The molecule has 6 nitrogen and oxygen atoms in total. The average Bonchev–Trinajstić information content (AvgIpc) is 3.01. The summed E-state index contributed by atoms with van der Waals surface area (Å²) in [4.78, 5) is 26.1. The van der Waals surface area contributed by atoms with Crippen molar-refractivity contribution in [3.63, 3.8) is 0 Å². The van der Waals surface area contributed by atoms with E-state index in [1.807, 2.05) is 6.07 Å². The Balaban J connectivity index is 1.28. The number of esters is 1. The summed E-state index contributed by atoms with van der Waals surface area (Å²) >= 11 is 0. The Labute approximate surface area is 172 Å². The Morgan fingerprint density at radius 2 is 1.97 bits per heavy atom. The average molecular weight is 395 g/mol. The van der Waals surface area contributed by atoms with Crippen LogP contribution in [-0.2, 0) is 9.53 Å². The van der Waals surface area contributed by atoms with Crippen LogP contribution in [0.15, 0.2) is 41.8 Å². The molecular weight excluding hydrogens is 364 g/mol. The molecule has 0 saturated carbocycles. The van der Waals surface area contributed by atoms with Crippen LogP contribution in [0, 0.1) is 17.3 Å². The van der Waals surface area contributed by atoms with E-state index in [9.17, 15) is 4.79 Å². The monoisotopic (exact) mass is 394 g/mol. The lowest BCUT2D eigenvalue weighted by Gasteiger charge is -2.43. The highest BCUT2D eigenvalue weighted by molar-refractivity contribution is 5.76. The maximum Gasteiger partial charge on any atom is 0.311 e. The van der Waals surface area contributed by atoms with Gasteiger partial charge in [0.05, 0.1) is 5.92 Å². The minimum absolute atomic E-state index is 0.00504. The van der Waals surface area contributed by atoms with Gasteiger partial charge in [-0.25, -0.2) is 9.97 Å². The van der Waals surface area contributed by atoms with Crippen molar-refractivity contribution in [1.29, 1.82) is 0 Å². The number of anilines is 1. The Hall–Kier alpha value is -2.21. The Kier molecular flexibility index (Phi) is 4.69. The molecule has 29 heavy (non-hydrogen) atoms. The van der Waals surface area contributed by atoms with Gasteiger partial charge in [0.1, 0.15) is 6.10 Å². The standard InChI is InChI=1S/C23H30N4O2/c1-16-5-3-6-23(2)14-20-17(13-19(16)23)18(21(28)29-20)15-26-9-11-27(12-10-26)22-24-7-4-8-25-22/h4-5,7-8,13,17-18,20H,3,6,9-12,14-15H2,1-2H3/t17-,18-,20-,23-/m1/s1. The minimum Gasteiger partial charge on any atom is -0.461 e. The molecule has 1 aromatic rings. The summed E-state index contributed by atoms with van der Waals surface area (Å²) in [5.41, 5.74) is 3.02. The third kappa shape index (κ3) is 3.37. The van der Waals surface area contributed by atoms with E-state index in [0.717, 1.165) is 57.9 Å². The van der Waals surface area contributed by atoms with Crippen LogP contribution in [0.2, 0.25) is 0 Å². The molecule has 2 aliphatic heterocycles. The van der Waals surface area contributed by atoms with Crippen LogP contribution in [0.1, 0.15) is 33.1 Å². The van der Waals surface area contributed by atoms with Crippen LogP contribution in [-0.4, -0.2) is 59.7 Å². The lowest BCUT2D eigenvalue weighted by Crippen LogP contribution is -2.49. The molecule has 154 valence electrons. The van der Waals surface area contributed by atoms with E-state index < -0.39 is 0 Å². The number of carbonyl (C=O) groups excluding carboxylic acids is 1. The van der Waals surface area contributed by atoms with E-state index in [-0.39, 0.29) is 29.3 Å². The highest BCUT2D eigenvalue weighted by Crippen LogP contribution is 2.52. The van der Waals surface area contributed by atoms with Crippen LogP contribution in [0.3, 0.4) is 0 Å². The van der Waals surface area contributed by atoms with Crippen molar-refractivity contribution in [3.05, 3.63) is 41.8 Å². The van der Waals surface area contributed by atoms with E-state index >= 15 is 0 Å². The minimum atomic E-state index is -0.0497. The van der Waals surface area contributed by atoms with E-state index in [0.29, 0.717) is 0 Å². The fraction of sp³-hybridized carbons (Fsp3) is 0.609. The molecule has 2 aliphatic carbocycles. The van der Waals surface area contributed by atoms with Gasteiger partial charge < -0.3 is 9.64 Å². The van der Waals surface area contributed by atoms with Gasteiger partial charge in [0.2, 0.25) is 5.95 Å². The first-order valence-corrected chi connectivity index (χ1v) is 10.9. The van der Waals surface area contributed by atoms with Crippen molar-refractivity contribution in [2.45, 2.75) is 39.2 Å². The second kappa shape index (κ2) is 7.24. The zero-order valence-corrected chi connectivity index (χ0v) is 17.4. The quantitative estimate of drug-likeness (QED) is 0.735. The summed E-state index contributed by atoms with van der Waals surface area (Å²) < 4.78 is 5.90. The molecule has 0 radical (unpaired) electrons. The predicted octanol–water partition coefficient (Wildman–Crippen LogP) is 2.83. The second-order valence-electron chi connectivity index (χ2n) is 9.27. The van der Waals surface area contributed by atoms with Crippen molar-refractivity contribution in [2.75, 3.05) is 37.6 Å². The molecule has 2 saturated heterocycles. The summed E-state index contributed by atoms with van der Waals surface area (Å²) in [6, 6.07) is 1.84. The topological polar surface area (TPSA) is 58.6 Å². The molecule has 4 atom stereocenters. The lowest BCUT2D eigenvalue weighted by atomic mass is 9.62. The number of hydrogen-bond acceptors (Lipinski definition) is 6. The summed E-state index contributed by atoms with van der Waals surface area (Å²) in [5.74, 6) is 0.951. The summed E-state index contributed by atoms with van der Waals surface area (Å²) in [6.45, 7) is 8.98. The molecule has 1 aromatic heterocycles. The Bertz CT molecular complexity index is 844. The van der Waals surface area contributed by atoms with Gasteiger partial charge in [-0.05, 0) is 43.2 Å². The highest BCUT2D eigenvalue weighted by atomic mass is 16.6. The van der Waals surface area contributed by atoms with Gasteiger partial charge in [-0.1, -0.05) is 24.6 Å². The van der Waals surface area contributed by atoms with Gasteiger partial charge in [0.25, 0.3) is 0 Å². The molecule has 0 aromatic carbocycles. The molecule has 4 aliphatic rings. The van der Waals surface area contributed by atoms with E-state index in [1.165, 1.54) is 11.1 Å². The summed E-state index contributed by atoms with van der Waals surface area (Å²) in [7, 11) is 0. The van der Waals surface area contributed by atoms with E-state index in [2.05, 4.69) is 45.8 Å². The number of aromatic nitrogens is 2. The molecule has 0 spiro atoms. The number of hydrogen-bond donors (Lipinski definition) is 0. The number of fused-ring (bicyclic) bond motifs is 2. The first-order valence-electron chi connectivity index (χ1n) is 10.9. The molecule has 5 rings (SSSR count). The smallest absolute Gasteiger partial charge is 0.311 e. The van der Waals surface area contributed by atoms with Gasteiger partial charge in [-0.2, -0.15) is 0 Å². The SMILES string of the molecule is CC1=CCC[C@]2(C)C[C@H]3OC(=O)[C@H](CN4CCN(c5ncccn5)CC4)[C@H]3C=C12. The molecule has 6 heteroatoms. The van der Waals surface area contributed by atoms with Gasteiger partial charge in [0.15, 0.2) is 0 Å². The van der Waals surface area contributed by atoms with Crippen LogP contribution < -0.4 is 4.90 Å². The largest absolute Gasteiger partial charge is 0.461 e. The Morgan fingerprint density at radius 3 is 2.72 bits per heavy atom. The number of ether oxygens (including phenoxy) is 1. The molecular formula is C23H30N4O2. The van der Waals surface area contributed by atoms with Gasteiger partial charge in [-0.15, -0.1) is 0 Å². The maximum atomic E-state index is 12.8. The normalized spacial score (nSPS) is 34.8. The Morgan fingerprint density at radius 1 is 1.21 bits per heavy atom. The highest BCUT2D eigenvalue weighted by Gasteiger charge is 2.51. The second-order valence-corrected chi connectivity index (χ2v) is 9.27. The summed E-state index contributed by atoms with van der Waals surface area (Å²) in [5, 5.41) is 0. The van der Waals surface area contributed by atoms with Crippen molar-refractivity contribution < 1.29 is 9.53 Å². The third-order valence-electron chi connectivity index (χ3n) is 7.36. The third-order valence-corrected chi connectivity index (χ3v) is 7.36. The predicted molar refractivity (Wildman–Crippen MR) is 111 cm³/mol. The molecule has 0 unspecified atom stereocenters. The fourth-order valence-corrected chi connectivity index (χ4v) is 5.70. The van der Waals surface area contributed by atoms with Crippen molar-refractivity contribution >= 4 is 11.9 Å². The van der Waals surface area contributed by atoms with Gasteiger partial charge in [-0.3, -0.25) is 9.69 Å². The molecule has 0 amide bonds. The first kappa shape index (κ1) is 18.8. The van der Waals surface area contributed by atoms with Crippen molar-refractivity contribution in [2.24, 2.45) is 17.3 Å². The van der Waals surface area contributed by atoms with E-state index in [1.54, 1.807) is 12.4 Å². The molecule has 3 heterocycles. The van der Waals surface area contributed by atoms with Crippen LogP contribution in [0.25, 0.3) is 0 Å². The van der Waals surface area contributed by atoms with Gasteiger partial charge in [0, 0.05) is 51.0 Å². The number of piperazine rings is 1. The van der Waals surface area contributed by atoms with Gasteiger partial charge >= 0.3 is 5.97 Å². The molecule has 0 N–H and O–H groups in total. The molecule has 0 bridgehead atoms. The lowest BCUT2D eigenvalue weighted by molar-refractivity contribution is -0.145. The van der Waals surface area contributed by atoms with Crippen LogP contribution in [0.5, 0.6) is 0 Å². The first-order chi connectivity index (χ1) is 14.0. The number of carbonyl (C=O) groups is 1. The fourth-order valence-electron chi connectivity index (χ4n) is 5.70. The van der Waals surface area contributed by atoms with Crippen molar-refractivity contribution in [1.82, 2.24) is 14.9 Å². The maximum absolute atomic E-state index is 12.8. The van der Waals surface area contributed by atoms with E-state index in [4.69, 9.17) is 4.74 Å². The number of nitrogens with zero attached hydrogens (tertiary/aromatic N) is 4. The summed E-state index contributed by atoms with van der Waals surface area (Å²) in [6.07, 6.45) is 11.6. The zero-order valence-electron chi connectivity index (χ0n) is 17.4. The van der Waals surface area contributed by atoms with Crippen molar-refractivity contribution in [3.8, 4) is 0 Å². The number of rotatable bonds is 3. The van der Waals surface area contributed by atoms with Crippen LogP contribution in [0.4, 0.5) is 5.95 Å². The number of allylic oxidation sites excluding steroid dienone is 3.